The predicted octanol–water partition coefficient (Wildman–Crippen LogP) is 1.24. The number of hydrogen-bond donors (Lipinski definition) is 2. The molecular formula is C20H28N4O3. The molecular weight excluding hydrogens is 344 g/mol. The maximum atomic E-state index is 12.7. The number of likely N-dealkylation sites (tertiary alicyclic amines) is 1. The Bertz CT molecular complexity index is 734. The first-order chi connectivity index (χ1) is 12.9. The van der Waals surface area contributed by atoms with E-state index in [1.54, 1.807) is 4.90 Å². The molecule has 2 aliphatic rings. The van der Waals surface area contributed by atoms with E-state index in [0.29, 0.717) is 24.6 Å². The summed E-state index contributed by atoms with van der Waals surface area (Å²) in [5, 5.41) is 5.84. The normalized spacial score (nSPS) is 20.2. The second-order valence-corrected chi connectivity index (χ2v) is 7.55. The molecule has 3 rings (SSSR count). The molecule has 0 bridgehead atoms. The monoisotopic (exact) mass is 372 g/mol. The van der Waals surface area contributed by atoms with Crippen LogP contribution >= 0.6 is 0 Å². The first kappa shape index (κ1) is 19.2. The summed E-state index contributed by atoms with van der Waals surface area (Å²) in [4.78, 5) is 39.9. The highest BCUT2D eigenvalue weighted by atomic mass is 16.2. The minimum atomic E-state index is -0.124. The molecule has 2 aliphatic heterocycles. The lowest BCUT2D eigenvalue weighted by atomic mass is 9.99. The molecule has 7 nitrogen and oxygen atoms in total. The average molecular weight is 372 g/mol. The number of nitrogens with one attached hydrogen (secondary N) is 2. The first-order valence-corrected chi connectivity index (χ1v) is 9.62. The van der Waals surface area contributed by atoms with Crippen LogP contribution in [0.2, 0.25) is 0 Å². The smallest absolute Gasteiger partial charge is 0.253 e. The number of anilines is 1. The number of piperidine rings is 1. The summed E-state index contributed by atoms with van der Waals surface area (Å²) < 4.78 is 0. The van der Waals surface area contributed by atoms with E-state index in [2.05, 4.69) is 17.6 Å². The van der Waals surface area contributed by atoms with E-state index >= 15 is 0 Å². The van der Waals surface area contributed by atoms with E-state index in [0.717, 1.165) is 30.8 Å². The van der Waals surface area contributed by atoms with Crippen molar-refractivity contribution in [3.05, 3.63) is 29.3 Å². The highest BCUT2D eigenvalue weighted by Crippen LogP contribution is 2.21. The van der Waals surface area contributed by atoms with Gasteiger partial charge in [-0.2, -0.15) is 0 Å². The van der Waals surface area contributed by atoms with Gasteiger partial charge in [-0.3, -0.25) is 14.4 Å². The molecule has 146 valence electrons. The van der Waals surface area contributed by atoms with Crippen molar-refractivity contribution in [2.45, 2.75) is 26.7 Å². The van der Waals surface area contributed by atoms with Crippen molar-refractivity contribution < 1.29 is 14.4 Å². The van der Waals surface area contributed by atoms with E-state index in [9.17, 15) is 14.4 Å². The second kappa shape index (κ2) is 8.41. The van der Waals surface area contributed by atoms with Gasteiger partial charge in [-0.25, -0.2) is 0 Å². The van der Waals surface area contributed by atoms with Crippen LogP contribution in [0.1, 0.15) is 35.7 Å². The molecule has 1 aromatic carbocycles. The van der Waals surface area contributed by atoms with Crippen LogP contribution in [-0.2, 0) is 9.59 Å². The Labute approximate surface area is 160 Å². The summed E-state index contributed by atoms with van der Waals surface area (Å²) in [6.07, 6.45) is 2.24. The van der Waals surface area contributed by atoms with Crippen LogP contribution in [0.4, 0.5) is 5.69 Å². The van der Waals surface area contributed by atoms with Gasteiger partial charge in [-0.15, -0.1) is 0 Å². The highest BCUT2D eigenvalue weighted by molar-refractivity contribution is 5.95. The first-order valence-electron chi connectivity index (χ1n) is 9.62. The lowest BCUT2D eigenvalue weighted by Gasteiger charge is -2.31. The van der Waals surface area contributed by atoms with Crippen molar-refractivity contribution in [3.63, 3.8) is 0 Å². The van der Waals surface area contributed by atoms with E-state index < -0.39 is 0 Å². The van der Waals surface area contributed by atoms with Crippen LogP contribution in [0.3, 0.4) is 0 Å². The molecule has 0 aromatic heterocycles. The van der Waals surface area contributed by atoms with E-state index in [1.165, 1.54) is 6.42 Å². The van der Waals surface area contributed by atoms with Crippen molar-refractivity contribution in [2.75, 3.05) is 44.6 Å². The van der Waals surface area contributed by atoms with Gasteiger partial charge in [0, 0.05) is 37.4 Å². The molecule has 1 atom stereocenters. The van der Waals surface area contributed by atoms with E-state index in [1.807, 2.05) is 30.0 Å². The molecule has 2 N–H and O–H groups in total. The van der Waals surface area contributed by atoms with Crippen molar-refractivity contribution in [1.82, 2.24) is 15.1 Å². The van der Waals surface area contributed by atoms with Gasteiger partial charge >= 0.3 is 0 Å². The third-order valence-electron chi connectivity index (χ3n) is 5.24. The number of carbonyl (C=O) groups is 3. The van der Waals surface area contributed by atoms with Crippen molar-refractivity contribution in [3.8, 4) is 0 Å². The summed E-state index contributed by atoms with van der Waals surface area (Å²) in [5.74, 6) is 0.395. The van der Waals surface area contributed by atoms with E-state index in [-0.39, 0.29) is 30.8 Å². The largest absolute Gasteiger partial charge is 0.376 e. The highest BCUT2D eigenvalue weighted by Gasteiger charge is 2.23. The van der Waals surface area contributed by atoms with Crippen LogP contribution in [0.5, 0.6) is 0 Å². The number of piperazine rings is 1. The maximum absolute atomic E-state index is 12.7. The van der Waals surface area contributed by atoms with Crippen molar-refractivity contribution >= 4 is 23.4 Å². The van der Waals surface area contributed by atoms with Crippen LogP contribution in [-0.4, -0.2) is 66.8 Å². The molecule has 2 fully saturated rings. The number of nitrogens with zero attached hydrogens (tertiary/aromatic N) is 2. The summed E-state index contributed by atoms with van der Waals surface area (Å²) in [7, 11) is 0. The minimum Gasteiger partial charge on any atom is -0.376 e. The molecule has 2 saturated heterocycles. The van der Waals surface area contributed by atoms with Crippen LogP contribution < -0.4 is 10.6 Å². The Kier molecular flexibility index (Phi) is 5.98. The summed E-state index contributed by atoms with van der Waals surface area (Å²) in [5.41, 5.74) is 2.44. The summed E-state index contributed by atoms with van der Waals surface area (Å²) in [6.45, 7) is 7.02. The Morgan fingerprint density at radius 3 is 2.78 bits per heavy atom. The molecule has 0 aliphatic carbocycles. The number of aryl methyl sites for hydroxylation is 1. The quantitative estimate of drug-likeness (QED) is 0.833. The standard InChI is InChI=1S/C20H28N4O3/c1-14-4-3-8-24(12-14)20(27)16-5-6-17(15(2)10-16)22-11-19(26)23-9-7-21-18(25)13-23/h5-6,10,14,22H,3-4,7-9,11-13H2,1-2H3,(H,21,25). The van der Waals surface area contributed by atoms with Gasteiger partial charge in [0.25, 0.3) is 5.91 Å². The molecule has 0 spiro atoms. The lowest BCUT2D eigenvalue weighted by Crippen LogP contribution is -2.51. The third-order valence-corrected chi connectivity index (χ3v) is 5.24. The minimum absolute atomic E-state index is 0.0756. The van der Waals surface area contributed by atoms with Gasteiger partial charge in [-0.1, -0.05) is 6.92 Å². The molecule has 27 heavy (non-hydrogen) atoms. The Morgan fingerprint density at radius 2 is 2.07 bits per heavy atom. The SMILES string of the molecule is Cc1cc(C(=O)N2CCCC(C)C2)ccc1NCC(=O)N1CCNC(=O)C1. The van der Waals surface area contributed by atoms with Crippen LogP contribution in [0.25, 0.3) is 0 Å². The van der Waals surface area contributed by atoms with Crippen molar-refractivity contribution in [2.24, 2.45) is 5.92 Å². The molecule has 3 amide bonds. The lowest BCUT2D eigenvalue weighted by molar-refractivity contribution is -0.136. The van der Waals surface area contributed by atoms with Crippen LogP contribution in [0, 0.1) is 12.8 Å². The Balaban J connectivity index is 1.58. The number of rotatable bonds is 4. The zero-order chi connectivity index (χ0) is 19.4. The summed E-state index contributed by atoms with van der Waals surface area (Å²) in [6, 6.07) is 5.55. The predicted molar refractivity (Wildman–Crippen MR) is 104 cm³/mol. The summed E-state index contributed by atoms with van der Waals surface area (Å²) >= 11 is 0. The fraction of sp³-hybridized carbons (Fsp3) is 0.550. The molecule has 2 heterocycles. The molecule has 1 unspecified atom stereocenters. The van der Waals surface area contributed by atoms with E-state index in [4.69, 9.17) is 0 Å². The fourth-order valence-electron chi connectivity index (χ4n) is 3.69. The Morgan fingerprint density at radius 1 is 1.26 bits per heavy atom. The van der Waals surface area contributed by atoms with Gasteiger partial charge in [0.15, 0.2) is 0 Å². The van der Waals surface area contributed by atoms with Gasteiger partial charge in [-0.05, 0) is 49.4 Å². The van der Waals surface area contributed by atoms with Gasteiger partial charge in [0.2, 0.25) is 11.8 Å². The topological polar surface area (TPSA) is 81.8 Å². The average Bonchev–Trinajstić information content (AvgIpc) is 2.66. The van der Waals surface area contributed by atoms with Gasteiger partial charge in [0.1, 0.15) is 0 Å². The molecule has 0 saturated carbocycles. The number of hydrogen-bond acceptors (Lipinski definition) is 4. The fourth-order valence-corrected chi connectivity index (χ4v) is 3.69. The molecule has 1 aromatic rings. The maximum Gasteiger partial charge on any atom is 0.253 e. The van der Waals surface area contributed by atoms with Gasteiger partial charge < -0.3 is 20.4 Å². The third kappa shape index (κ3) is 4.78. The zero-order valence-corrected chi connectivity index (χ0v) is 16.1. The molecule has 0 radical (unpaired) electrons. The Hall–Kier alpha value is -2.57. The van der Waals surface area contributed by atoms with Crippen LogP contribution in [0.15, 0.2) is 18.2 Å². The second-order valence-electron chi connectivity index (χ2n) is 7.55. The number of carbonyl (C=O) groups excluding carboxylic acids is 3. The van der Waals surface area contributed by atoms with Crippen molar-refractivity contribution in [1.29, 1.82) is 0 Å². The number of benzene rings is 1. The zero-order valence-electron chi connectivity index (χ0n) is 16.1. The molecule has 7 heteroatoms. The van der Waals surface area contributed by atoms with Gasteiger partial charge in [0.05, 0.1) is 13.1 Å². The number of amides is 3.